The van der Waals surface area contributed by atoms with Gasteiger partial charge in [-0.05, 0) is 57.2 Å². The molecule has 0 radical (unpaired) electrons. The molecule has 0 aromatic rings. The van der Waals surface area contributed by atoms with Gasteiger partial charge in [-0.3, -0.25) is 0 Å². The third-order valence-corrected chi connectivity index (χ3v) is 6.38. The lowest BCUT2D eigenvalue weighted by Crippen LogP contribution is -2.51. The Labute approximate surface area is 116 Å². The van der Waals surface area contributed by atoms with Gasteiger partial charge >= 0.3 is 0 Å². The van der Waals surface area contributed by atoms with E-state index in [1.54, 1.807) is 0 Å². The van der Waals surface area contributed by atoms with Crippen molar-refractivity contribution in [2.24, 2.45) is 5.92 Å². The monoisotopic (exact) mass is 268 g/mol. The maximum atomic E-state index is 3.90. The standard InChI is InChI=1S/C15H28N2S/c1-12(16-14-7-9-18-11-14)13-4-3-8-17(10-13)15-5-2-6-15/h12-16H,2-11H2,1H3/t12-,13-,14+/m0/s1. The first-order valence-electron chi connectivity index (χ1n) is 7.91. The Morgan fingerprint density at radius 1 is 1.17 bits per heavy atom. The van der Waals surface area contributed by atoms with Crippen molar-refractivity contribution < 1.29 is 0 Å². The molecule has 1 saturated carbocycles. The van der Waals surface area contributed by atoms with Crippen molar-refractivity contribution >= 4 is 11.8 Å². The van der Waals surface area contributed by atoms with Gasteiger partial charge < -0.3 is 10.2 Å². The van der Waals surface area contributed by atoms with Crippen molar-refractivity contribution in [2.75, 3.05) is 24.6 Å². The lowest BCUT2D eigenvalue weighted by molar-refractivity contribution is 0.0656. The number of hydrogen-bond donors (Lipinski definition) is 1. The molecule has 3 rings (SSSR count). The average Bonchev–Trinajstić information content (AvgIpc) is 2.80. The third kappa shape index (κ3) is 3.05. The summed E-state index contributed by atoms with van der Waals surface area (Å²) < 4.78 is 0. The Bertz CT molecular complexity index is 261. The van der Waals surface area contributed by atoms with Gasteiger partial charge in [0.1, 0.15) is 0 Å². The average molecular weight is 268 g/mol. The maximum absolute atomic E-state index is 3.90. The van der Waals surface area contributed by atoms with E-state index < -0.39 is 0 Å². The zero-order chi connectivity index (χ0) is 12.4. The van der Waals surface area contributed by atoms with Crippen LogP contribution in [0.2, 0.25) is 0 Å². The van der Waals surface area contributed by atoms with Crippen molar-refractivity contribution in [2.45, 2.75) is 63.6 Å². The molecule has 0 bridgehead atoms. The van der Waals surface area contributed by atoms with Gasteiger partial charge in [0, 0.05) is 30.4 Å². The van der Waals surface area contributed by atoms with Gasteiger partial charge in [0.15, 0.2) is 0 Å². The molecular formula is C15H28N2S. The van der Waals surface area contributed by atoms with Crippen molar-refractivity contribution in [3.05, 3.63) is 0 Å². The van der Waals surface area contributed by atoms with Gasteiger partial charge in [-0.15, -0.1) is 0 Å². The Balaban J connectivity index is 1.47. The highest BCUT2D eigenvalue weighted by atomic mass is 32.2. The Kier molecular flexibility index (Phi) is 4.53. The molecule has 2 heterocycles. The normalized spacial score (nSPS) is 36.5. The number of rotatable bonds is 4. The van der Waals surface area contributed by atoms with Gasteiger partial charge in [0.25, 0.3) is 0 Å². The maximum Gasteiger partial charge on any atom is 0.0168 e. The van der Waals surface area contributed by atoms with Crippen LogP contribution in [0, 0.1) is 5.92 Å². The minimum atomic E-state index is 0.719. The predicted molar refractivity (Wildman–Crippen MR) is 80.3 cm³/mol. The Morgan fingerprint density at radius 2 is 2.06 bits per heavy atom. The van der Waals surface area contributed by atoms with Crippen LogP contribution in [0.5, 0.6) is 0 Å². The molecule has 1 N–H and O–H groups in total. The second-order valence-electron chi connectivity index (χ2n) is 6.50. The summed E-state index contributed by atoms with van der Waals surface area (Å²) in [6, 6.07) is 2.46. The topological polar surface area (TPSA) is 15.3 Å². The Hall–Kier alpha value is 0.270. The van der Waals surface area contributed by atoms with Crippen LogP contribution in [-0.4, -0.2) is 47.6 Å². The van der Waals surface area contributed by atoms with Crippen molar-refractivity contribution in [3.63, 3.8) is 0 Å². The van der Waals surface area contributed by atoms with E-state index in [1.165, 1.54) is 63.1 Å². The molecule has 1 aliphatic carbocycles. The first-order chi connectivity index (χ1) is 8.83. The molecular weight excluding hydrogens is 240 g/mol. The van der Waals surface area contributed by atoms with E-state index in [0.29, 0.717) is 0 Å². The lowest BCUT2D eigenvalue weighted by Gasteiger charge is -2.44. The fourth-order valence-electron chi connectivity index (χ4n) is 3.71. The fraction of sp³-hybridized carbons (Fsp3) is 1.00. The summed E-state index contributed by atoms with van der Waals surface area (Å²) >= 11 is 2.12. The van der Waals surface area contributed by atoms with Crippen LogP contribution in [0.25, 0.3) is 0 Å². The largest absolute Gasteiger partial charge is 0.310 e. The van der Waals surface area contributed by atoms with Gasteiger partial charge in [-0.2, -0.15) is 11.8 Å². The second kappa shape index (κ2) is 6.15. The number of likely N-dealkylation sites (tertiary alicyclic amines) is 1. The van der Waals surface area contributed by atoms with Crippen LogP contribution in [0.15, 0.2) is 0 Å². The van der Waals surface area contributed by atoms with Gasteiger partial charge in [-0.25, -0.2) is 0 Å². The third-order valence-electron chi connectivity index (χ3n) is 5.22. The number of thioether (sulfide) groups is 1. The molecule has 3 heteroatoms. The fourth-order valence-corrected chi connectivity index (χ4v) is 4.87. The molecule has 3 atom stereocenters. The quantitative estimate of drug-likeness (QED) is 0.844. The molecule has 0 spiro atoms. The minimum absolute atomic E-state index is 0.719. The van der Waals surface area contributed by atoms with E-state index in [0.717, 1.165) is 24.0 Å². The van der Waals surface area contributed by atoms with Crippen LogP contribution in [0.1, 0.15) is 45.4 Å². The van der Waals surface area contributed by atoms with E-state index in [4.69, 9.17) is 0 Å². The van der Waals surface area contributed by atoms with Crippen LogP contribution in [0.3, 0.4) is 0 Å². The molecule has 0 aromatic heterocycles. The van der Waals surface area contributed by atoms with Gasteiger partial charge in [-0.1, -0.05) is 6.42 Å². The van der Waals surface area contributed by atoms with Crippen molar-refractivity contribution in [3.8, 4) is 0 Å². The summed E-state index contributed by atoms with van der Waals surface area (Å²) in [5.41, 5.74) is 0. The second-order valence-corrected chi connectivity index (χ2v) is 7.65. The highest BCUT2D eigenvalue weighted by Crippen LogP contribution is 2.30. The molecule has 104 valence electrons. The van der Waals surface area contributed by atoms with E-state index >= 15 is 0 Å². The number of nitrogens with one attached hydrogen (secondary N) is 1. The summed E-state index contributed by atoms with van der Waals surface area (Å²) in [6.07, 6.45) is 8.65. The Morgan fingerprint density at radius 3 is 2.72 bits per heavy atom. The summed E-state index contributed by atoms with van der Waals surface area (Å²) in [4.78, 5) is 2.79. The molecule has 2 nitrogen and oxygen atoms in total. The first kappa shape index (κ1) is 13.3. The van der Waals surface area contributed by atoms with E-state index in [1.807, 2.05) is 0 Å². The first-order valence-corrected chi connectivity index (χ1v) is 9.06. The van der Waals surface area contributed by atoms with Crippen LogP contribution < -0.4 is 5.32 Å². The molecule has 0 unspecified atom stereocenters. The SMILES string of the molecule is C[C@H](N[C@@H]1CCSC1)[C@H]1CCCN(C2CCC2)C1. The van der Waals surface area contributed by atoms with E-state index in [-0.39, 0.29) is 0 Å². The minimum Gasteiger partial charge on any atom is -0.310 e. The van der Waals surface area contributed by atoms with Gasteiger partial charge in [0.2, 0.25) is 0 Å². The highest BCUT2D eigenvalue weighted by Gasteiger charge is 2.32. The summed E-state index contributed by atoms with van der Waals surface area (Å²) in [6.45, 7) is 5.16. The molecule has 3 aliphatic rings. The molecule has 2 saturated heterocycles. The van der Waals surface area contributed by atoms with Crippen LogP contribution >= 0.6 is 11.8 Å². The number of nitrogens with zero attached hydrogens (tertiary/aromatic N) is 1. The smallest absolute Gasteiger partial charge is 0.0168 e. The van der Waals surface area contributed by atoms with E-state index in [9.17, 15) is 0 Å². The van der Waals surface area contributed by atoms with Crippen molar-refractivity contribution in [1.82, 2.24) is 10.2 Å². The summed E-state index contributed by atoms with van der Waals surface area (Å²) in [5.74, 6) is 3.59. The zero-order valence-electron chi connectivity index (χ0n) is 11.7. The van der Waals surface area contributed by atoms with Crippen molar-refractivity contribution in [1.29, 1.82) is 0 Å². The molecule has 18 heavy (non-hydrogen) atoms. The molecule has 0 aromatic carbocycles. The molecule has 3 fully saturated rings. The summed E-state index contributed by atoms with van der Waals surface area (Å²) in [5, 5.41) is 3.90. The number of hydrogen-bond acceptors (Lipinski definition) is 3. The van der Waals surface area contributed by atoms with Crippen LogP contribution in [0.4, 0.5) is 0 Å². The number of piperidine rings is 1. The summed E-state index contributed by atoms with van der Waals surface area (Å²) in [7, 11) is 0. The predicted octanol–water partition coefficient (Wildman–Crippen LogP) is 2.73. The highest BCUT2D eigenvalue weighted by molar-refractivity contribution is 7.99. The van der Waals surface area contributed by atoms with Crippen LogP contribution in [-0.2, 0) is 0 Å². The lowest BCUT2D eigenvalue weighted by atomic mass is 9.85. The zero-order valence-corrected chi connectivity index (χ0v) is 12.6. The molecule has 0 amide bonds. The van der Waals surface area contributed by atoms with Gasteiger partial charge in [0.05, 0.1) is 0 Å². The van der Waals surface area contributed by atoms with E-state index in [2.05, 4.69) is 28.9 Å². The molecule has 2 aliphatic heterocycles.